The van der Waals surface area contributed by atoms with E-state index < -0.39 is 6.10 Å². The van der Waals surface area contributed by atoms with Crippen LogP contribution in [0.25, 0.3) is 0 Å². The molecule has 4 nitrogen and oxygen atoms in total. The van der Waals surface area contributed by atoms with Crippen LogP contribution < -0.4 is 10.1 Å². The van der Waals surface area contributed by atoms with Crippen LogP contribution in [0.3, 0.4) is 0 Å². The van der Waals surface area contributed by atoms with Crippen molar-refractivity contribution < 1.29 is 9.53 Å². The minimum Gasteiger partial charge on any atom is -0.481 e. The third-order valence-corrected chi connectivity index (χ3v) is 5.61. The van der Waals surface area contributed by atoms with Gasteiger partial charge in [0.05, 0.1) is 0 Å². The van der Waals surface area contributed by atoms with Crippen molar-refractivity contribution in [3.05, 3.63) is 29.3 Å². The van der Waals surface area contributed by atoms with Crippen LogP contribution in [0, 0.1) is 6.92 Å². The van der Waals surface area contributed by atoms with Crippen molar-refractivity contribution in [1.82, 2.24) is 10.2 Å². The molecule has 0 aromatic heterocycles. The van der Waals surface area contributed by atoms with Gasteiger partial charge in [-0.1, -0.05) is 39.3 Å². The molecular formula is C23H38N2O2. The third kappa shape index (κ3) is 6.53. The molecule has 4 heteroatoms. The Kier molecular flexibility index (Phi) is 8.62. The molecule has 1 aliphatic heterocycles. The number of piperidine rings is 1. The minimum absolute atomic E-state index is 0.0307. The van der Waals surface area contributed by atoms with E-state index in [1.54, 1.807) is 0 Å². The maximum atomic E-state index is 12.4. The maximum absolute atomic E-state index is 12.4. The summed E-state index contributed by atoms with van der Waals surface area (Å²) in [6.45, 7) is 13.4. The summed E-state index contributed by atoms with van der Waals surface area (Å²) < 4.78 is 6.01. The quantitative estimate of drug-likeness (QED) is 0.639. The van der Waals surface area contributed by atoms with E-state index in [4.69, 9.17) is 4.74 Å². The number of carbonyl (C=O) groups excluding carboxylic acids is 1. The van der Waals surface area contributed by atoms with Crippen LogP contribution >= 0.6 is 0 Å². The Morgan fingerprint density at radius 3 is 2.78 bits per heavy atom. The van der Waals surface area contributed by atoms with Gasteiger partial charge in [-0.25, -0.2) is 0 Å². The molecule has 0 radical (unpaired) electrons. The van der Waals surface area contributed by atoms with Gasteiger partial charge in [-0.15, -0.1) is 0 Å². The SMILES string of the molecule is CC[C@H]1CCCCN1CCCNC(=O)[C@@H](C)Oc1cc(C)ccc1C(C)C. The van der Waals surface area contributed by atoms with Gasteiger partial charge in [0, 0.05) is 19.1 Å². The lowest BCUT2D eigenvalue weighted by Crippen LogP contribution is -2.41. The third-order valence-electron chi connectivity index (χ3n) is 5.61. The largest absolute Gasteiger partial charge is 0.481 e. The van der Waals surface area contributed by atoms with Crippen LogP contribution in [-0.4, -0.2) is 42.6 Å². The van der Waals surface area contributed by atoms with Gasteiger partial charge in [-0.05, 0) is 69.2 Å². The van der Waals surface area contributed by atoms with Gasteiger partial charge in [-0.2, -0.15) is 0 Å². The average Bonchev–Trinajstić information content (AvgIpc) is 2.65. The van der Waals surface area contributed by atoms with E-state index in [9.17, 15) is 4.79 Å². The maximum Gasteiger partial charge on any atom is 0.260 e. The van der Waals surface area contributed by atoms with Crippen molar-refractivity contribution >= 4 is 5.91 Å². The monoisotopic (exact) mass is 374 g/mol. The highest BCUT2D eigenvalue weighted by Crippen LogP contribution is 2.28. The molecule has 0 bridgehead atoms. The predicted octanol–water partition coefficient (Wildman–Crippen LogP) is 4.66. The summed E-state index contributed by atoms with van der Waals surface area (Å²) in [6, 6.07) is 6.95. The topological polar surface area (TPSA) is 41.6 Å². The molecule has 0 saturated carbocycles. The Balaban J connectivity index is 1.78. The van der Waals surface area contributed by atoms with Crippen molar-refractivity contribution in [1.29, 1.82) is 0 Å². The number of aryl methyl sites for hydroxylation is 1. The van der Waals surface area contributed by atoms with E-state index >= 15 is 0 Å². The highest BCUT2D eigenvalue weighted by Gasteiger charge is 2.21. The van der Waals surface area contributed by atoms with Gasteiger partial charge < -0.3 is 15.0 Å². The molecule has 0 unspecified atom stereocenters. The summed E-state index contributed by atoms with van der Waals surface area (Å²) in [6.07, 6.45) is 5.73. The van der Waals surface area contributed by atoms with Gasteiger partial charge in [0.1, 0.15) is 5.75 Å². The molecule has 1 amide bonds. The van der Waals surface area contributed by atoms with Crippen LogP contribution in [-0.2, 0) is 4.79 Å². The fourth-order valence-corrected chi connectivity index (χ4v) is 3.92. The minimum atomic E-state index is -0.484. The summed E-state index contributed by atoms with van der Waals surface area (Å²) in [7, 11) is 0. The van der Waals surface area contributed by atoms with E-state index in [1.807, 2.05) is 19.9 Å². The summed E-state index contributed by atoms with van der Waals surface area (Å²) >= 11 is 0. The molecule has 1 heterocycles. The molecule has 1 fully saturated rings. The van der Waals surface area contributed by atoms with Gasteiger partial charge >= 0.3 is 0 Å². The summed E-state index contributed by atoms with van der Waals surface area (Å²) in [4.78, 5) is 15.0. The Bertz CT molecular complexity index is 600. The fourth-order valence-electron chi connectivity index (χ4n) is 3.92. The number of benzene rings is 1. The molecular weight excluding hydrogens is 336 g/mol. The zero-order chi connectivity index (χ0) is 19.8. The average molecular weight is 375 g/mol. The smallest absolute Gasteiger partial charge is 0.260 e. The second kappa shape index (κ2) is 10.7. The van der Waals surface area contributed by atoms with Gasteiger partial charge in [0.25, 0.3) is 5.91 Å². The number of rotatable bonds is 9. The molecule has 0 aliphatic carbocycles. The zero-order valence-electron chi connectivity index (χ0n) is 17.9. The normalized spacial score (nSPS) is 19.1. The van der Waals surface area contributed by atoms with Gasteiger partial charge in [0.2, 0.25) is 0 Å². The predicted molar refractivity (Wildman–Crippen MR) is 112 cm³/mol. The fraction of sp³-hybridized carbons (Fsp3) is 0.696. The zero-order valence-corrected chi connectivity index (χ0v) is 17.9. The number of nitrogens with one attached hydrogen (secondary N) is 1. The number of amides is 1. The first-order valence-corrected chi connectivity index (χ1v) is 10.7. The van der Waals surface area contributed by atoms with Crippen LogP contribution in [0.1, 0.15) is 76.8 Å². The number of hydrogen-bond donors (Lipinski definition) is 1. The van der Waals surface area contributed by atoms with Gasteiger partial charge in [0.15, 0.2) is 6.10 Å². The van der Waals surface area contributed by atoms with Crippen LogP contribution in [0.15, 0.2) is 18.2 Å². The Hall–Kier alpha value is -1.55. The summed E-state index contributed by atoms with van der Waals surface area (Å²) in [5.41, 5.74) is 2.30. The lowest BCUT2D eigenvalue weighted by Gasteiger charge is -2.35. The number of nitrogens with zero attached hydrogens (tertiary/aromatic N) is 1. The van der Waals surface area contributed by atoms with E-state index in [2.05, 4.69) is 43.1 Å². The van der Waals surface area contributed by atoms with E-state index in [1.165, 1.54) is 32.2 Å². The molecule has 0 spiro atoms. The summed E-state index contributed by atoms with van der Waals surface area (Å²) in [5, 5.41) is 3.05. The van der Waals surface area contributed by atoms with Crippen LogP contribution in [0.4, 0.5) is 0 Å². The van der Waals surface area contributed by atoms with E-state index in [0.29, 0.717) is 12.5 Å². The second-order valence-corrected chi connectivity index (χ2v) is 8.19. The van der Waals surface area contributed by atoms with Crippen molar-refractivity contribution in [2.45, 2.75) is 84.8 Å². The highest BCUT2D eigenvalue weighted by atomic mass is 16.5. The number of likely N-dealkylation sites (tertiary alicyclic amines) is 1. The molecule has 1 N–H and O–H groups in total. The molecule has 1 aliphatic rings. The first-order chi connectivity index (χ1) is 12.9. The lowest BCUT2D eigenvalue weighted by molar-refractivity contribution is -0.127. The van der Waals surface area contributed by atoms with E-state index in [0.717, 1.165) is 35.9 Å². The standard InChI is InChI=1S/C23H38N2O2/c1-6-20-10-7-8-14-25(20)15-9-13-24-23(26)19(5)27-22-16-18(4)11-12-21(22)17(2)3/h11-12,16-17,19-20H,6-10,13-15H2,1-5H3,(H,24,26)/t19-,20+/m1/s1. The molecule has 2 atom stereocenters. The Morgan fingerprint density at radius 2 is 2.07 bits per heavy atom. The van der Waals surface area contributed by atoms with Crippen LogP contribution in [0.5, 0.6) is 5.75 Å². The number of ether oxygens (including phenoxy) is 1. The first-order valence-electron chi connectivity index (χ1n) is 10.7. The van der Waals surface area contributed by atoms with Crippen LogP contribution in [0.2, 0.25) is 0 Å². The van der Waals surface area contributed by atoms with Crippen molar-refractivity contribution in [2.24, 2.45) is 0 Å². The Morgan fingerprint density at radius 1 is 1.30 bits per heavy atom. The molecule has 152 valence electrons. The summed E-state index contributed by atoms with van der Waals surface area (Å²) in [5.74, 6) is 1.16. The molecule has 1 saturated heterocycles. The molecule has 1 aromatic rings. The highest BCUT2D eigenvalue weighted by molar-refractivity contribution is 5.80. The van der Waals surface area contributed by atoms with E-state index in [-0.39, 0.29) is 5.91 Å². The molecule has 1 aromatic carbocycles. The second-order valence-electron chi connectivity index (χ2n) is 8.19. The first kappa shape index (κ1) is 21.7. The number of hydrogen-bond acceptors (Lipinski definition) is 3. The Labute approximate surface area is 165 Å². The number of carbonyl (C=O) groups is 1. The van der Waals surface area contributed by atoms with Crippen molar-refractivity contribution in [3.8, 4) is 5.75 Å². The van der Waals surface area contributed by atoms with Crippen molar-refractivity contribution in [3.63, 3.8) is 0 Å². The van der Waals surface area contributed by atoms with Crippen molar-refractivity contribution in [2.75, 3.05) is 19.6 Å². The molecule has 2 rings (SSSR count). The van der Waals surface area contributed by atoms with Gasteiger partial charge in [-0.3, -0.25) is 4.79 Å². The molecule has 27 heavy (non-hydrogen) atoms. The lowest BCUT2D eigenvalue weighted by atomic mass is 10.00.